The summed E-state index contributed by atoms with van der Waals surface area (Å²) in [5.74, 6) is 0.200. The molecule has 0 saturated carbocycles. The highest BCUT2D eigenvalue weighted by Gasteiger charge is 2.14. The molecule has 1 aromatic heterocycles. The Morgan fingerprint density at radius 3 is 2.62 bits per heavy atom. The van der Waals surface area contributed by atoms with E-state index in [4.69, 9.17) is 23.2 Å². The SMILES string of the molecule is Fc1ccc2c(c1)nc(CCCl)n2-c1ccc(F)c(Cl)c1. The summed E-state index contributed by atoms with van der Waals surface area (Å²) < 4.78 is 28.5. The lowest BCUT2D eigenvalue weighted by molar-refractivity contribution is 0.627. The van der Waals surface area contributed by atoms with Gasteiger partial charge in [0.05, 0.1) is 16.1 Å². The molecule has 0 aliphatic carbocycles. The standard InChI is InChI=1S/C15H10Cl2F2N2/c16-6-5-15-20-13-7-9(18)1-4-14(13)21(15)10-2-3-12(19)11(17)8-10/h1-4,7-8H,5-6H2. The maximum Gasteiger partial charge on any atom is 0.141 e. The van der Waals surface area contributed by atoms with Gasteiger partial charge in [-0.25, -0.2) is 13.8 Å². The van der Waals surface area contributed by atoms with Gasteiger partial charge in [0, 0.05) is 24.1 Å². The van der Waals surface area contributed by atoms with Crippen molar-refractivity contribution < 1.29 is 8.78 Å². The number of halogens is 4. The van der Waals surface area contributed by atoms with Gasteiger partial charge in [0.2, 0.25) is 0 Å². The van der Waals surface area contributed by atoms with E-state index < -0.39 is 5.82 Å². The van der Waals surface area contributed by atoms with Gasteiger partial charge >= 0.3 is 0 Å². The van der Waals surface area contributed by atoms with Crippen molar-refractivity contribution in [1.29, 1.82) is 0 Å². The molecule has 3 aromatic rings. The van der Waals surface area contributed by atoms with Crippen LogP contribution in [-0.2, 0) is 6.42 Å². The van der Waals surface area contributed by atoms with Gasteiger partial charge in [-0.05, 0) is 30.3 Å². The van der Waals surface area contributed by atoms with Crippen LogP contribution < -0.4 is 0 Å². The van der Waals surface area contributed by atoms with Crippen LogP contribution in [0.3, 0.4) is 0 Å². The molecule has 0 spiro atoms. The Morgan fingerprint density at radius 2 is 1.90 bits per heavy atom. The normalized spacial score (nSPS) is 11.2. The van der Waals surface area contributed by atoms with E-state index in [1.54, 1.807) is 12.1 Å². The average molecular weight is 327 g/mol. The summed E-state index contributed by atoms with van der Waals surface area (Å²) >= 11 is 11.6. The predicted molar refractivity (Wildman–Crippen MR) is 80.4 cm³/mol. The van der Waals surface area contributed by atoms with Crippen LogP contribution in [0.2, 0.25) is 5.02 Å². The second-order valence-electron chi connectivity index (χ2n) is 4.53. The van der Waals surface area contributed by atoms with Crippen LogP contribution in [0.25, 0.3) is 16.7 Å². The summed E-state index contributed by atoms with van der Waals surface area (Å²) in [5, 5.41) is 0.0216. The fraction of sp³-hybridized carbons (Fsp3) is 0.133. The summed E-state index contributed by atoms with van der Waals surface area (Å²) in [6.07, 6.45) is 0.507. The number of rotatable bonds is 3. The second-order valence-corrected chi connectivity index (χ2v) is 5.32. The van der Waals surface area contributed by atoms with Crippen LogP contribution in [-0.4, -0.2) is 15.4 Å². The fourth-order valence-electron chi connectivity index (χ4n) is 2.27. The topological polar surface area (TPSA) is 17.8 Å². The lowest BCUT2D eigenvalue weighted by Crippen LogP contribution is -2.02. The Morgan fingerprint density at radius 1 is 1.10 bits per heavy atom. The Kier molecular flexibility index (Phi) is 3.83. The highest BCUT2D eigenvalue weighted by molar-refractivity contribution is 6.30. The van der Waals surface area contributed by atoms with Crippen LogP contribution >= 0.6 is 23.2 Å². The summed E-state index contributed by atoms with van der Waals surface area (Å²) in [6, 6.07) is 8.75. The van der Waals surface area contributed by atoms with Gasteiger partial charge < -0.3 is 0 Å². The smallest absolute Gasteiger partial charge is 0.141 e. The maximum absolute atomic E-state index is 13.3. The van der Waals surface area contributed by atoms with Crippen molar-refractivity contribution in [3.05, 3.63) is 58.9 Å². The van der Waals surface area contributed by atoms with Gasteiger partial charge in [-0.1, -0.05) is 11.6 Å². The van der Waals surface area contributed by atoms with Gasteiger partial charge in [-0.3, -0.25) is 4.57 Å². The minimum Gasteiger partial charge on any atom is -0.296 e. The number of aryl methyl sites for hydroxylation is 1. The molecule has 21 heavy (non-hydrogen) atoms. The quantitative estimate of drug-likeness (QED) is 0.636. The lowest BCUT2D eigenvalue weighted by atomic mass is 10.2. The molecule has 0 aliphatic rings. The zero-order valence-corrected chi connectivity index (χ0v) is 12.3. The van der Waals surface area contributed by atoms with Gasteiger partial charge in [0.1, 0.15) is 17.5 Å². The number of nitrogens with zero attached hydrogens (tertiary/aromatic N) is 2. The van der Waals surface area contributed by atoms with Gasteiger partial charge in [0.15, 0.2) is 0 Å². The molecule has 2 nitrogen and oxygen atoms in total. The van der Waals surface area contributed by atoms with Crippen molar-refractivity contribution in [2.45, 2.75) is 6.42 Å². The van der Waals surface area contributed by atoms with E-state index in [2.05, 4.69) is 4.98 Å². The van der Waals surface area contributed by atoms with E-state index in [1.807, 2.05) is 4.57 Å². The number of hydrogen-bond donors (Lipinski definition) is 0. The third kappa shape index (κ3) is 2.61. The molecule has 0 bridgehead atoms. The molecule has 0 amide bonds. The van der Waals surface area contributed by atoms with E-state index in [9.17, 15) is 8.78 Å². The molecule has 0 N–H and O–H groups in total. The highest BCUT2D eigenvalue weighted by Crippen LogP contribution is 2.26. The van der Waals surface area contributed by atoms with E-state index >= 15 is 0 Å². The molecule has 0 saturated heterocycles. The minimum atomic E-state index is -0.491. The van der Waals surface area contributed by atoms with Crippen molar-refractivity contribution >= 4 is 34.2 Å². The monoisotopic (exact) mass is 326 g/mol. The van der Waals surface area contributed by atoms with Crippen LogP contribution in [0, 0.1) is 11.6 Å². The molecule has 0 radical (unpaired) electrons. The largest absolute Gasteiger partial charge is 0.296 e. The molecular weight excluding hydrogens is 317 g/mol. The number of imidazole rings is 1. The van der Waals surface area contributed by atoms with Crippen LogP contribution in [0.5, 0.6) is 0 Å². The third-order valence-corrected chi connectivity index (χ3v) is 3.64. The first-order chi connectivity index (χ1) is 10.1. The lowest BCUT2D eigenvalue weighted by Gasteiger charge is -2.09. The van der Waals surface area contributed by atoms with Crippen molar-refractivity contribution in [3.8, 4) is 5.69 Å². The molecule has 0 atom stereocenters. The highest BCUT2D eigenvalue weighted by atomic mass is 35.5. The van der Waals surface area contributed by atoms with E-state index in [0.717, 1.165) is 5.52 Å². The summed E-state index contributed by atoms with van der Waals surface area (Å²) in [5.41, 5.74) is 1.91. The fourth-order valence-corrected chi connectivity index (χ4v) is 2.61. The van der Waals surface area contributed by atoms with E-state index in [0.29, 0.717) is 29.3 Å². The molecule has 3 rings (SSSR count). The Hall–Kier alpha value is -1.65. The zero-order chi connectivity index (χ0) is 15.0. The number of aromatic nitrogens is 2. The first-order valence-electron chi connectivity index (χ1n) is 6.28. The Balaban J connectivity index is 2.27. The van der Waals surface area contributed by atoms with Crippen molar-refractivity contribution in [2.24, 2.45) is 0 Å². The van der Waals surface area contributed by atoms with Gasteiger partial charge in [-0.15, -0.1) is 11.6 Å². The molecule has 108 valence electrons. The third-order valence-electron chi connectivity index (χ3n) is 3.17. The summed E-state index contributed by atoms with van der Waals surface area (Å²) in [7, 11) is 0. The van der Waals surface area contributed by atoms with Crippen molar-refractivity contribution in [1.82, 2.24) is 9.55 Å². The van der Waals surface area contributed by atoms with Gasteiger partial charge in [-0.2, -0.15) is 0 Å². The first-order valence-corrected chi connectivity index (χ1v) is 7.19. The number of alkyl halides is 1. The predicted octanol–water partition coefficient (Wildman–Crippen LogP) is 4.74. The van der Waals surface area contributed by atoms with Crippen LogP contribution in [0.4, 0.5) is 8.78 Å². The molecule has 1 heterocycles. The van der Waals surface area contributed by atoms with Crippen molar-refractivity contribution in [2.75, 3.05) is 5.88 Å². The molecule has 2 aromatic carbocycles. The van der Waals surface area contributed by atoms with E-state index in [1.165, 1.54) is 24.3 Å². The number of benzene rings is 2. The Bertz CT molecular complexity index is 815. The zero-order valence-electron chi connectivity index (χ0n) is 10.8. The molecule has 6 heteroatoms. The van der Waals surface area contributed by atoms with Crippen LogP contribution in [0.1, 0.15) is 5.82 Å². The summed E-state index contributed by atoms with van der Waals surface area (Å²) in [4.78, 5) is 4.39. The summed E-state index contributed by atoms with van der Waals surface area (Å²) in [6.45, 7) is 0. The Labute approximate surface area is 129 Å². The maximum atomic E-state index is 13.3. The minimum absolute atomic E-state index is 0.0216. The first kappa shape index (κ1) is 14.3. The average Bonchev–Trinajstić information content (AvgIpc) is 2.79. The van der Waals surface area contributed by atoms with Gasteiger partial charge in [0.25, 0.3) is 0 Å². The van der Waals surface area contributed by atoms with Crippen LogP contribution in [0.15, 0.2) is 36.4 Å². The van der Waals surface area contributed by atoms with Crippen molar-refractivity contribution in [3.63, 3.8) is 0 Å². The molecule has 0 unspecified atom stereocenters. The van der Waals surface area contributed by atoms with E-state index in [-0.39, 0.29) is 10.8 Å². The number of fused-ring (bicyclic) bond motifs is 1. The molecule has 0 fully saturated rings. The number of hydrogen-bond acceptors (Lipinski definition) is 1. The second kappa shape index (κ2) is 5.62. The molecular formula is C15H10Cl2F2N2. The molecule has 0 aliphatic heterocycles.